The molecule has 0 saturated carbocycles. The fourth-order valence-corrected chi connectivity index (χ4v) is 5.16. The van der Waals surface area contributed by atoms with Gasteiger partial charge >= 0.3 is 0 Å². The van der Waals surface area contributed by atoms with Crippen molar-refractivity contribution in [3.8, 4) is 0 Å². The maximum atomic E-state index is 6.67. The molecule has 132 valence electrons. The number of anilines is 1. The molecule has 3 aromatic carbocycles. The minimum atomic E-state index is -0.331. The van der Waals surface area contributed by atoms with Crippen molar-refractivity contribution in [2.45, 2.75) is 18.8 Å². The molecule has 2 aliphatic carbocycles. The van der Waals surface area contributed by atoms with Gasteiger partial charge in [0.15, 0.2) is 0 Å². The predicted molar refractivity (Wildman–Crippen MR) is 113 cm³/mol. The van der Waals surface area contributed by atoms with E-state index >= 15 is 0 Å². The van der Waals surface area contributed by atoms with E-state index in [1.807, 2.05) is 6.07 Å². The number of hydrogen-bond donors (Lipinski definition) is 1. The largest absolute Gasteiger partial charge is 0.398 e. The van der Waals surface area contributed by atoms with Crippen molar-refractivity contribution in [1.29, 1.82) is 0 Å². The number of benzene rings is 3. The van der Waals surface area contributed by atoms with Crippen LogP contribution in [0.1, 0.15) is 35.6 Å². The molecule has 0 aromatic heterocycles. The Bertz CT molecular complexity index is 1020. The number of fused-ring (bicyclic) bond motifs is 2. The summed E-state index contributed by atoms with van der Waals surface area (Å²) >= 11 is 0. The van der Waals surface area contributed by atoms with Gasteiger partial charge < -0.3 is 5.73 Å². The van der Waals surface area contributed by atoms with Gasteiger partial charge in [0.05, 0.1) is 5.41 Å². The molecule has 0 saturated heterocycles. The van der Waals surface area contributed by atoms with Gasteiger partial charge in [-0.3, -0.25) is 0 Å². The third-order valence-electron chi connectivity index (χ3n) is 6.14. The molecule has 1 nitrogen and oxygen atoms in total. The number of hydrogen-bond acceptors (Lipinski definition) is 1. The van der Waals surface area contributed by atoms with Crippen LogP contribution in [0.15, 0.2) is 96.6 Å². The van der Waals surface area contributed by atoms with Crippen LogP contribution in [0.25, 0.3) is 5.57 Å². The van der Waals surface area contributed by atoms with Crippen LogP contribution in [0, 0.1) is 5.92 Å². The van der Waals surface area contributed by atoms with E-state index in [0.29, 0.717) is 5.92 Å². The Morgan fingerprint density at radius 3 is 2.07 bits per heavy atom. The molecule has 5 rings (SSSR count). The summed E-state index contributed by atoms with van der Waals surface area (Å²) < 4.78 is 0. The summed E-state index contributed by atoms with van der Waals surface area (Å²) in [6, 6.07) is 28.1. The molecule has 0 heterocycles. The van der Waals surface area contributed by atoms with Crippen molar-refractivity contribution in [2.75, 3.05) is 5.73 Å². The molecule has 0 aliphatic heterocycles. The van der Waals surface area contributed by atoms with E-state index < -0.39 is 0 Å². The summed E-state index contributed by atoms with van der Waals surface area (Å²) in [5, 5.41) is 0. The summed E-state index contributed by atoms with van der Waals surface area (Å²) in [4.78, 5) is 0. The number of rotatable bonds is 2. The van der Waals surface area contributed by atoms with Gasteiger partial charge in [-0.1, -0.05) is 91.9 Å². The van der Waals surface area contributed by atoms with Gasteiger partial charge in [0.1, 0.15) is 0 Å². The third kappa shape index (κ3) is 2.12. The summed E-state index contributed by atoms with van der Waals surface area (Å²) in [6.45, 7) is 2.35. The Balaban J connectivity index is 1.99. The molecule has 0 bridgehead atoms. The van der Waals surface area contributed by atoms with Crippen molar-refractivity contribution >= 4 is 11.3 Å². The van der Waals surface area contributed by atoms with Crippen LogP contribution in [-0.4, -0.2) is 0 Å². The van der Waals surface area contributed by atoms with E-state index in [0.717, 1.165) is 12.1 Å². The normalized spacial score (nSPS) is 19.7. The summed E-state index contributed by atoms with van der Waals surface area (Å²) in [5.41, 5.74) is 15.2. The van der Waals surface area contributed by atoms with Crippen molar-refractivity contribution in [3.05, 3.63) is 119 Å². The van der Waals surface area contributed by atoms with Crippen LogP contribution in [0.3, 0.4) is 0 Å². The summed E-state index contributed by atoms with van der Waals surface area (Å²) in [6.07, 6.45) is 5.68. The zero-order chi connectivity index (χ0) is 18.4. The average Bonchev–Trinajstić information content (AvgIpc) is 3.03. The first-order chi connectivity index (χ1) is 13.2. The summed E-state index contributed by atoms with van der Waals surface area (Å²) in [5.74, 6) is 0.456. The fourth-order valence-electron chi connectivity index (χ4n) is 5.16. The van der Waals surface area contributed by atoms with E-state index in [-0.39, 0.29) is 5.41 Å². The number of allylic oxidation sites excluding steroid dienone is 4. The lowest BCUT2D eigenvalue weighted by atomic mass is 9.63. The Morgan fingerprint density at radius 2 is 1.44 bits per heavy atom. The first kappa shape index (κ1) is 16.1. The highest BCUT2D eigenvalue weighted by atomic mass is 14.6. The maximum Gasteiger partial charge on any atom is 0.0699 e. The van der Waals surface area contributed by atoms with E-state index in [1.165, 1.54) is 33.4 Å². The lowest BCUT2D eigenvalue weighted by Crippen LogP contribution is -2.33. The highest BCUT2D eigenvalue weighted by Crippen LogP contribution is 2.59. The molecule has 1 heteroatoms. The Hall–Kier alpha value is -3.06. The van der Waals surface area contributed by atoms with Crippen LogP contribution >= 0.6 is 0 Å². The molecule has 2 N–H and O–H groups in total. The molecule has 0 radical (unpaired) electrons. The van der Waals surface area contributed by atoms with Gasteiger partial charge in [-0.05, 0) is 46.2 Å². The van der Waals surface area contributed by atoms with Crippen LogP contribution in [0.2, 0.25) is 0 Å². The molecule has 0 fully saturated rings. The van der Waals surface area contributed by atoms with Gasteiger partial charge in [0, 0.05) is 11.3 Å². The second-order valence-electron chi connectivity index (χ2n) is 7.62. The molecule has 0 amide bonds. The van der Waals surface area contributed by atoms with Crippen LogP contribution in [-0.2, 0) is 5.41 Å². The highest BCUT2D eigenvalue weighted by molar-refractivity contribution is 5.93. The first-order valence-corrected chi connectivity index (χ1v) is 9.66. The highest BCUT2D eigenvalue weighted by Gasteiger charge is 2.50. The smallest absolute Gasteiger partial charge is 0.0699 e. The van der Waals surface area contributed by atoms with Gasteiger partial charge in [-0.2, -0.15) is 0 Å². The Kier molecular flexibility index (Phi) is 3.58. The zero-order valence-electron chi connectivity index (χ0n) is 15.5. The molecule has 1 unspecified atom stereocenters. The zero-order valence-corrected chi connectivity index (χ0v) is 15.5. The van der Waals surface area contributed by atoms with Gasteiger partial charge in [0.2, 0.25) is 0 Å². The first-order valence-electron chi connectivity index (χ1n) is 9.66. The monoisotopic (exact) mass is 349 g/mol. The van der Waals surface area contributed by atoms with Gasteiger partial charge in [0.25, 0.3) is 0 Å². The van der Waals surface area contributed by atoms with Crippen molar-refractivity contribution in [3.63, 3.8) is 0 Å². The summed E-state index contributed by atoms with van der Waals surface area (Å²) in [7, 11) is 0. The van der Waals surface area contributed by atoms with Crippen LogP contribution in [0.5, 0.6) is 0 Å². The minimum Gasteiger partial charge on any atom is -0.398 e. The predicted octanol–water partition coefficient (Wildman–Crippen LogP) is 5.97. The van der Waals surface area contributed by atoms with E-state index in [1.54, 1.807) is 0 Å². The van der Waals surface area contributed by atoms with Crippen molar-refractivity contribution in [1.82, 2.24) is 0 Å². The lowest BCUT2D eigenvalue weighted by Gasteiger charge is -2.39. The Morgan fingerprint density at radius 1 is 0.815 bits per heavy atom. The number of nitrogens with two attached hydrogens (primary N) is 1. The van der Waals surface area contributed by atoms with E-state index in [4.69, 9.17) is 5.73 Å². The topological polar surface area (TPSA) is 26.0 Å². The average molecular weight is 349 g/mol. The van der Waals surface area contributed by atoms with Crippen molar-refractivity contribution in [2.24, 2.45) is 5.92 Å². The maximum absolute atomic E-state index is 6.67. The quantitative estimate of drug-likeness (QED) is 0.567. The van der Waals surface area contributed by atoms with Gasteiger partial charge in [-0.25, -0.2) is 0 Å². The molecule has 3 aromatic rings. The molecular weight excluding hydrogens is 326 g/mol. The second kappa shape index (κ2) is 5.99. The Labute approximate surface area is 160 Å². The third-order valence-corrected chi connectivity index (χ3v) is 6.14. The fraction of sp³-hybridized carbons (Fsp3) is 0.154. The SMILES string of the molecule is CC1CC=CC2=C1C(c1ccccc1)(c1ccccc1)c1c(N)cccc12. The standard InChI is InChI=1S/C26H23N/c1-18-10-8-15-21-22-16-9-17-23(27)25(22)26(24(18)21,19-11-4-2-5-12-19)20-13-6-3-7-14-20/h2-9,11-18H,10,27H2,1H3. The number of nitrogen functional groups attached to an aromatic ring is 1. The lowest BCUT2D eigenvalue weighted by molar-refractivity contribution is 0.584. The molecule has 0 spiro atoms. The van der Waals surface area contributed by atoms with Crippen molar-refractivity contribution < 1.29 is 0 Å². The minimum absolute atomic E-state index is 0.331. The van der Waals surface area contributed by atoms with Crippen LogP contribution in [0.4, 0.5) is 5.69 Å². The van der Waals surface area contributed by atoms with E-state index in [2.05, 4.69) is 91.9 Å². The van der Waals surface area contributed by atoms with Crippen LogP contribution < -0.4 is 5.73 Å². The molecule has 2 aliphatic rings. The second-order valence-corrected chi connectivity index (χ2v) is 7.62. The molecule has 1 atom stereocenters. The van der Waals surface area contributed by atoms with Gasteiger partial charge in [-0.15, -0.1) is 0 Å². The molecular formula is C26H23N. The molecule has 27 heavy (non-hydrogen) atoms. The van der Waals surface area contributed by atoms with E-state index in [9.17, 15) is 0 Å².